The van der Waals surface area contributed by atoms with Gasteiger partial charge in [0.15, 0.2) is 5.43 Å². The second kappa shape index (κ2) is 7.66. The lowest BCUT2D eigenvalue weighted by molar-refractivity contribution is 0.112. The summed E-state index contributed by atoms with van der Waals surface area (Å²) in [6, 6.07) is 7.09. The molecule has 2 heterocycles. The van der Waals surface area contributed by atoms with Gasteiger partial charge in [-0.2, -0.15) is 0 Å². The van der Waals surface area contributed by atoms with Crippen LogP contribution in [0.1, 0.15) is 5.69 Å². The van der Waals surface area contributed by atoms with Gasteiger partial charge in [-0.05, 0) is 26.2 Å². The molecule has 6 heteroatoms. The van der Waals surface area contributed by atoms with E-state index in [2.05, 4.69) is 28.9 Å². The summed E-state index contributed by atoms with van der Waals surface area (Å²) >= 11 is 6.24. The molecule has 0 radical (unpaired) electrons. The fourth-order valence-electron chi connectivity index (χ4n) is 3.34. The summed E-state index contributed by atoms with van der Waals surface area (Å²) in [7, 11) is 4.16. The zero-order valence-corrected chi connectivity index (χ0v) is 15.0. The van der Waals surface area contributed by atoms with Gasteiger partial charge in [0.1, 0.15) is 0 Å². The van der Waals surface area contributed by atoms with Crippen molar-refractivity contribution in [2.24, 2.45) is 5.92 Å². The van der Waals surface area contributed by atoms with Gasteiger partial charge < -0.3 is 14.6 Å². The highest BCUT2D eigenvalue weighted by Crippen LogP contribution is 2.20. The number of pyridine rings is 1. The van der Waals surface area contributed by atoms with Crippen molar-refractivity contribution in [3.05, 3.63) is 45.2 Å². The number of hydrogen-bond donors (Lipinski definition) is 1. The topological polar surface area (TPSA) is 48.6 Å². The van der Waals surface area contributed by atoms with E-state index < -0.39 is 0 Å². The first kappa shape index (κ1) is 17.4. The van der Waals surface area contributed by atoms with Gasteiger partial charge in [0.05, 0.1) is 23.8 Å². The van der Waals surface area contributed by atoms with Crippen molar-refractivity contribution in [3.8, 4) is 0 Å². The highest BCUT2D eigenvalue weighted by molar-refractivity contribution is 6.35. The van der Waals surface area contributed by atoms with Crippen molar-refractivity contribution in [2.75, 3.05) is 46.9 Å². The molecule has 2 aromatic rings. The van der Waals surface area contributed by atoms with Crippen LogP contribution in [0.5, 0.6) is 0 Å². The molecule has 1 saturated heterocycles. The van der Waals surface area contributed by atoms with Crippen molar-refractivity contribution >= 4 is 22.5 Å². The third-order valence-electron chi connectivity index (χ3n) is 4.31. The Balaban J connectivity index is 1.80. The molecule has 0 spiro atoms. The van der Waals surface area contributed by atoms with Crippen molar-refractivity contribution in [1.29, 1.82) is 0 Å². The number of hydrogen-bond acceptors (Lipinski definition) is 4. The van der Waals surface area contributed by atoms with Crippen molar-refractivity contribution in [3.63, 3.8) is 0 Å². The first-order valence-corrected chi connectivity index (χ1v) is 8.66. The molecule has 1 atom stereocenters. The van der Waals surface area contributed by atoms with Gasteiger partial charge >= 0.3 is 0 Å². The number of ether oxygens (including phenoxy) is 1. The summed E-state index contributed by atoms with van der Waals surface area (Å²) in [5.74, 6) is 0.471. The predicted octanol–water partition coefficient (Wildman–Crippen LogP) is 2.19. The molecule has 1 aromatic carbocycles. The summed E-state index contributed by atoms with van der Waals surface area (Å²) in [6.45, 7) is 5.03. The first-order chi connectivity index (χ1) is 11.5. The highest BCUT2D eigenvalue weighted by atomic mass is 35.5. The molecule has 0 amide bonds. The van der Waals surface area contributed by atoms with E-state index in [1.54, 1.807) is 24.3 Å². The van der Waals surface area contributed by atoms with Gasteiger partial charge in [-0.1, -0.05) is 17.7 Å². The maximum atomic E-state index is 12.3. The maximum absolute atomic E-state index is 12.3. The van der Waals surface area contributed by atoms with E-state index in [1.807, 2.05) is 0 Å². The van der Waals surface area contributed by atoms with Crippen LogP contribution < -0.4 is 5.43 Å². The average Bonchev–Trinajstić information content (AvgIpc) is 2.73. The van der Waals surface area contributed by atoms with Gasteiger partial charge in [-0.3, -0.25) is 9.69 Å². The van der Waals surface area contributed by atoms with Crippen molar-refractivity contribution < 1.29 is 4.74 Å². The number of aromatic amines is 1. The number of fused-ring (bicyclic) bond motifs is 1. The molecule has 1 N–H and O–H groups in total. The molecule has 3 rings (SSSR count). The minimum atomic E-state index is 0.0113. The normalized spacial score (nSPS) is 19.8. The molecule has 1 aliphatic heterocycles. The maximum Gasteiger partial charge on any atom is 0.189 e. The Bertz CT molecular complexity index is 760. The largest absolute Gasteiger partial charge is 0.380 e. The minimum Gasteiger partial charge on any atom is -0.380 e. The number of rotatable bonds is 4. The molecular weight excluding hydrogens is 326 g/mol. The number of aromatic nitrogens is 1. The molecule has 0 saturated carbocycles. The van der Waals surface area contributed by atoms with Crippen LogP contribution in [0.4, 0.5) is 0 Å². The lowest BCUT2D eigenvalue weighted by Crippen LogP contribution is -2.34. The van der Waals surface area contributed by atoms with E-state index in [9.17, 15) is 4.79 Å². The number of H-pyrrole nitrogens is 1. The van der Waals surface area contributed by atoms with Gasteiger partial charge in [-0.25, -0.2) is 0 Å². The summed E-state index contributed by atoms with van der Waals surface area (Å²) in [5, 5.41) is 1.21. The summed E-state index contributed by atoms with van der Waals surface area (Å²) in [4.78, 5) is 20.2. The van der Waals surface area contributed by atoms with Gasteiger partial charge in [-0.15, -0.1) is 0 Å². The monoisotopic (exact) mass is 349 g/mol. The van der Waals surface area contributed by atoms with Crippen molar-refractivity contribution in [1.82, 2.24) is 14.8 Å². The van der Waals surface area contributed by atoms with Crippen LogP contribution in [-0.4, -0.2) is 61.7 Å². The van der Waals surface area contributed by atoms with E-state index in [1.165, 1.54) is 0 Å². The lowest BCUT2D eigenvalue weighted by Gasteiger charge is -2.25. The smallest absolute Gasteiger partial charge is 0.189 e. The molecule has 0 bridgehead atoms. The average molecular weight is 350 g/mol. The molecule has 5 nitrogen and oxygen atoms in total. The molecule has 0 aliphatic carbocycles. The molecule has 24 heavy (non-hydrogen) atoms. The van der Waals surface area contributed by atoms with Crippen LogP contribution in [-0.2, 0) is 11.3 Å². The summed E-state index contributed by atoms with van der Waals surface area (Å²) in [5.41, 5.74) is 1.63. The Morgan fingerprint density at radius 2 is 2.25 bits per heavy atom. The quantitative estimate of drug-likeness (QED) is 0.919. The fourth-order valence-corrected chi connectivity index (χ4v) is 3.56. The van der Waals surface area contributed by atoms with E-state index in [-0.39, 0.29) is 5.43 Å². The van der Waals surface area contributed by atoms with Crippen LogP contribution >= 0.6 is 11.6 Å². The zero-order valence-electron chi connectivity index (χ0n) is 14.2. The minimum absolute atomic E-state index is 0.0113. The number of nitrogens with one attached hydrogen (secondary N) is 1. The van der Waals surface area contributed by atoms with Gasteiger partial charge in [0.25, 0.3) is 0 Å². The third kappa shape index (κ3) is 4.16. The lowest BCUT2D eigenvalue weighted by atomic mass is 10.1. The van der Waals surface area contributed by atoms with Crippen LogP contribution in [0.2, 0.25) is 5.02 Å². The van der Waals surface area contributed by atoms with Crippen LogP contribution in [0.15, 0.2) is 29.1 Å². The second-order valence-electron chi connectivity index (χ2n) is 6.76. The number of benzene rings is 1. The van der Waals surface area contributed by atoms with Gasteiger partial charge in [0.2, 0.25) is 0 Å². The van der Waals surface area contributed by atoms with E-state index in [0.717, 1.165) is 44.1 Å². The first-order valence-electron chi connectivity index (χ1n) is 8.28. The number of nitrogens with zero attached hydrogens (tertiary/aromatic N) is 2. The Morgan fingerprint density at radius 3 is 3.04 bits per heavy atom. The molecule has 0 unspecified atom stereocenters. The molecule has 1 aromatic heterocycles. The predicted molar refractivity (Wildman–Crippen MR) is 97.7 cm³/mol. The van der Waals surface area contributed by atoms with Crippen LogP contribution in [0, 0.1) is 5.92 Å². The zero-order chi connectivity index (χ0) is 17.1. The SMILES string of the molecule is CN(C)C[C@H]1COCCN(Cc2cc(=O)c3cccc(Cl)c3[nH]2)C1. The Kier molecular flexibility index (Phi) is 5.56. The second-order valence-corrected chi connectivity index (χ2v) is 7.17. The Hall–Kier alpha value is -1.40. The molecule has 1 aliphatic rings. The van der Waals surface area contributed by atoms with E-state index in [4.69, 9.17) is 16.3 Å². The molecule has 1 fully saturated rings. The van der Waals surface area contributed by atoms with Crippen LogP contribution in [0.3, 0.4) is 0 Å². The standard InChI is InChI=1S/C18H24ClN3O2/c1-21(2)9-13-10-22(6-7-24-12-13)11-14-8-17(23)15-4-3-5-16(19)18(15)20-14/h3-5,8,13H,6-7,9-12H2,1-2H3,(H,20,23)/t13-/m1/s1. The fraction of sp³-hybridized carbons (Fsp3) is 0.500. The van der Waals surface area contributed by atoms with Crippen molar-refractivity contribution in [2.45, 2.75) is 6.54 Å². The Labute approximate surface area is 147 Å². The summed E-state index contributed by atoms with van der Waals surface area (Å²) in [6.07, 6.45) is 0. The van der Waals surface area contributed by atoms with Gasteiger partial charge in [0, 0.05) is 49.2 Å². The van der Waals surface area contributed by atoms with E-state index >= 15 is 0 Å². The third-order valence-corrected chi connectivity index (χ3v) is 4.62. The van der Waals surface area contributed by atoms with Crippen LogP contribution in [0.25, 0.3) is 10.9 Å². The number of para-hydroxylation sites is 1. The highest BCUT2D eigenvalue weighted by Gasteiger charge is 2.20. The number of halogens is 1. The molecule has 130 valence electrons. The van der Waals surface area contributed by atoms with E-state index in [0.29, 0.717) is 22.9 Å². The Morgan fingerprint density at radius 1 is 1.42 bits per heavy atom. The molecular formula is C18H24ClN3O2. The summed E-state index contributed by atoms with van der Waals surface area (Å²) < 4.78 is 5.73.